The van der Waals surface area contributed by atoms with Gasteiger partial charge in [0.05, 0.1) is 17.6 Å². The van der Waals surface area contributed by atoms with Gasteiger partial charge in [-0.1, -0.05) is 0 Å². The summed E-state index contributed by atoms with van der Waals surface area (Å²) >= 11 is 0. The number of nitrogens with zero attached hydrogens (tertiary/aromatic N) is 1. The first-order chi connectivity index (χ1) is 8.96. The third-order valence-corrected chi connectivity index (χ3v) is 3.27. The molecule has 2 rings (SSSR count). The van der Waals surface area contributed by atoms with Gasteiger partial charge in [-0.05, 0) is 18.9 Å². The maximum Gasteiger partial charge on any atom is 0.273 e. The Kier molecular flexibility index (Phi) is 3.48. The van der Waals surface area contributed by atoms with Crippen molar-refractivity contribution in [1.82, 2.24) is 5.32 Å². The highest BCUT2D eigenvalue weighted by Crippen LogP contribution is 2.44. The van der Waals surface area contributed by atoms with Crippen LogP contribution in [0, 0.1) is 21.3 Å². The van der Waals surface area contributed by atoms with Crippen molar-refractivity contribution in [2.45, 2.75) is 12.8 Å². The zero-order chi connectivity index (χ0) is 14.0. The minimum Gasteiger partial charge on any atom is -0.396 e. The van der Waals surface area contributed by atoms with E-state index in [0.29, 0.717) is 0 Å². The van der Waals surface area contributed by atoms with Gasteiger partial charge in [-0.2, -0.15) is 0 Å². The highest BCUT2D eigenvalue weighted by atomic mass is 19.1. The molecule has 1 saturated carbocycles. The minimum absolute atomic E-state index is 0.0173. The van der Waals surface area contributed by atoms with Crippen LogP contribution in [0.5, 0.6) is 0 Å². The highest BCUT2D eigenvalue weighted by Gasteiger charge is 2.42. The van der Waals surface area contributed by atoms with E-state index in [2.05, 4.69) is 5.32 Å². The molecule has 0 atom stereocenters. The molecule has 0 saturated heterocycles. The lowest BCUT2D eigenvalue weighted by Crippen LogP contribution is -2.31. The molecule has 19 heavy (non-hydrogen) atoms. The molecule has 1 aromatic carbocycles. The predicted molar refractivity (Wildman–Crippen MR) is 64.1 cm³/mol. The molecule has 2 N–H and O–H groups in total. The first-order valence-electron chi connectivity index (χ1n) is 5.80. The van der Waals surface area contributed by atoms with E-state index in [1.807, 2.05) is 0 Å². The van der Waals surface area contributed by atoms with E-state index in [1.54, 1.807) is 0 Å². The molecule has 102 valence electrons. The first-order valence-corrected chi connectivity index (χ1v) is 5.80. The molecule has 1 amide bonds. The highest BCUT2D eigenvalue weighted by molar-refractivity contribution is 5.94. The van der Waals surface area contributed by atoms with Gasteiger partial charge in [-0.25, -0.2) is 4.39 Å². The number of rotatable bonds is 5. The van der Waals surface area contributed by atoms with Gasteiger partial charge in [-0.3, -0.25) is 14.9 Å². The SMILES string of the molecule is O=C(NCC1(CO)CC1)c1cc(F)cc([N+](=O)[O-])c1. The molecular formula is C12H13FN2O4. The Labute approximate surface area is 108 Å². The number of carbonyl (C=O) groups is 1. The molecule has 6 nitrogen and oxygen atoms in total. The Balaban J connectivity index is 2.08. The number of hydrogen-bond acceptors (Lipinski definition) is 4. The zero-order valence-corrected chi connectivity index (χ0v) is 10.1. The Bertz CT molecular complexity index is 528. The van der Waals surface area contributed by atoms with Crippen LogP contribution in [-0.4, -0.2) is 29.1 Å². The summed E-state index contributed by atoms with van der Waals surface area (Å²) in [6.45, 7) is 0.267. The van der Waals surface area contributed by atoms with Gasteiger partial charge in [0.2, 0.25) is 0 Å². The monoisotopic (exact) mass is 268 g/mol. The summed E-state index contributed by atoms with van der Waals surface area (Å²) in [5, 5.41) is 22.2. The van der Waals surface area contributed by atoms with Crippen LogP contribution in [0.3, 0.4) is 0 Å². The van der Waals surface area contributed by atoms with Crippen LogP contribution in [-0.2, 0) is 0 Å². The molecule has 0 aliphatic heterocycles. The van der Waals surface area contributed by atoms with E-state index < -0.39 is 22.3 Å². The Morgan fingerprint density at radius 1 is 1.47 bits per heavy atom. The van der Waals surface area contributed by atoms with Gasteiger partial charge in [-0.15, -0.1) is 0 Å². The lowest BCUT2D eigenvalue weighted by atomic mass is 10.1. The van der Waals surface area contributed by atoms with Gasteiger partial charge in [0, 0.05) is 23.6 Å². The van der Waals surface area contributed by atoms with Gasteiger partial charge in [0.15, 0.2) is 0 Å². The number of aliphatic hydroxyl groups excluding tert-OH is 1. The summed E-state index contributed by atoms with van der Waals surface area (Å²) in [5.74, 6) is -1.41. The molecule has 1 aromatic rings. The molecule has 0 spiro atoms. The largest absolute Gasteiger partial charge is 0.396 e. The number of amides is 1. The number of hydrogen-bond donors (Lipinski definition) is 2. The van der Waals surface area contributed by atoms with Crippen LogP contribution < -0.4 is 5.32 Å². The molecule has 7 heteroatoms. The second kappa shape index (κ2) is 4.93. The molecule has 0 bridgehead atoms. The molecule has 1 aliphatic rings. The number of nitrogens with one attached hydrogen (secondary N) is 1. The summed E-state index contributed by atoms with van der Waals surface area (Å²) in [5.41, 5.74) is -0.830. The summed E-state index contributed by atoms with van der Waals surface area (Å²) < 4.78 is 13.2. The smallest absolute Gasteiger partial charge is 0.273 e. The summed E-state index contributed by atoms with van der Waals surface area (Å²) in [7, 11) is 0. The fourth-order valence-electron chi connectivity index (χ4n) is 1.75. The van der Waals surface area contributed by atoms with Gasteiger partial charge in [0.25, 0.3) is 11.6 Å². The van der Waals surface area contributed by atoms with Crippen molar-refractivity contribution in [2.24, 2.45) is 5.41 Å². The van der Waals surface area contributed by atoms with Gasteiger partial charge in [0.1, 0.15) is 5.82 Å². The number of nitro groups is 1. The summed E-state index contributed by atoms with van der Waals surface area (Å²) in [6.07, 6.45) is 1.65. The molecule has 0 heterocycles. The average molecular weight is 268 g/mol. The number of carbonyl (C=O) groups excluding carboxylic acids is 1. The van der Waals surface area contributed by atoms with E-state index in [0.717, 1.165) is 31.0 Å². The van der Waals surface area contributed by atoms with E-state index in [1.165, 1.54) is 0 Å². The Hall–Kier alpha value is -2.02. The van der Waals surface area contributed by atoms with Crippen LogP contribution in [0.2, 0.25) is 0 Å². The van der Waals surface area contributed by atoms with Crippen molar-refractivity contribution in [3.63, 3.8) is 0 Å². The normalized spacial score (nSPS) is 15.9. The van der Waals surface area contributed by atoms with Gasteiger partial charge >= 0.3 is 0 Å². The van der Waals surface area contributed by atoms with Crippen LogP contribution in [0.25, 0.3) is 0 Å². The fraction of sp³-hybridized carbons (Fsp3) is 0.417. The van der Waals surface area contributed by atoms with Crippen molar-refractivity contribution in [3.8, 4) is 0 Å². The van der Waals surface area contributed by atoms with Crippen molar-refractivity contribution >= 4 is 11.6 Å². The van der Waals surface area contributed by atoms with Crippen LogP contribution in [0.4, 0.5) is 10.1 Å². The van der Waals surface area contributed by atoms with Crippen LogP contribution in [0.1, 0.15) is 23.2 Å². The third kappa shape index (κ3) is 3.05. The Morgan fingerprint density at radius 3 is 2.68 bits per heavy atom. The van der Waals surface area contributed by atoms with Crippen molar-refractivity contribution in [3.05, 3.63) is 39.7 Å². The number of non-ortho nitro benzene ring substituents is 1. The second-order valence-corrected chi connectivity index (χ2v) is 4.80. The number of aliphatic hydroxyl groups is 1. The summed E-state index contributed by atoms with van der Waals surface area (Å²) in [4.78, 5) is 21.6. The van der Waals surface area contributed by atoms with E-state index in [4.69, 9.17) is 5.11 Å². The molecule has 1 aliphatic carbocycles. The molecular weight excluding hydrogens is 255 g/mol. The topological polar surface area (TPSA) is 92.5 Å². The average Bonchev–Trinajstić information content (AvgIpc) is 3.16. The van der Waals surface area contributed by atoms with E-state index >= 15 is 0 Å². The van der Waals surface area contributed by atoms with Crippen molar-refractivity contribution < 1.29 is 19.2 Å². The molecule has 0 radical (unpaired) electrons. The lowest BCUT2D eigenvalue weighted by molar-refractivity contribution is -0.385. The second-order valence-electron chi connectivity index (χ2n) is 4.80. The quantitative estimate of drug-likeness (QED) is 0.620. The number of halogens is 1. The first kappa shape index (κ1) is 13.4. The molecule has 0 aromatic heterocycles. The maximum atomic E-state index is 13.2. The Morgan fingerprint density at radius 2 is 2.16 bits per heavy atom. The lowest BCUT2D eigenvalue weighted by Gasteiger charge is -2.12. The van der Waals surface area contributed by atoms with Crippen LogP contribution in [0.15, 0.2) is 18.2 Å². The third-order valence-electron chi connectivity index (χ3n) is 3.27. The van der Waals surface area contributed by atoms with Crippen molar-refractivity contribution in [2.75, 3.05) is 13.2 Å². The molecule has 0 unspecified atom stereocenters. The van der Waals surface area contributed by atoms with Crippen molar-refractivity contribution in [1.29, 1.82) is 0 Å². The standard InChI is InChI=1S/C12H13FN2O4/c13-9-3-8(4-10(5-9)15(18)19)11(17)14-6-12(7-16)1-2-12/h3-5,16H,1-2,6-7H2,(H,14,17). The maximum absolute atomic E-state index is 13.2. The summed E-state index contributed by atoms with van der Waals surface area (Å²) in [6, 6.07) is 2.73. The van der Waals surface area contributed by atoms with Gasteiger partial charge < -0.3 is 10.4 Å². The van der Waals surface area contributed by atoms with E-state index in [9.17, 15) is 19.3 Å². The number of benzene rings is 1. The van der Waals surface area contributed by atoms with Crippen LogP contribution >= 0.6 is 0 Å². The fourth-order valence-corrected chi connectivity index (χ4v) is 1.75. The zero-order valence-electron chi connectivity index (χ0n) is 10.1. The van der Waals surface area contributed by atoms with E-state index in [-0.39, 0.29) is 24.1 Å². The number of nitro benzene ring substituents is 1. The predicted octanol–water partition coefficient (Wildman–Crippen LogP) is 1.24. The minimum atomic E-state index is -0.831. The molecule has 1 fully saturated rings.